The first-order valence-corrected chi connectivity index (χ1v) is 11.4. The number of aromatic nitrogens is 3. The Morgan fingerprint density at radius 1 is 1.19 bits per heavy atom. The minimum absolute atomic E-state index is 0.114. The molecule has 2 aliphatic heterocycles. The summed E-state index contributed by atoms with van der Waals surface area (Å²) in [7, 11) is -4.15. The van der Waals surface area contributed by atoms with Crippen LogP contribution in [0.1, 0.15) is 24.7 Å². The molecule has 0 aromatic carbocycles. The van der Waals surface area contributed by atoms with Crippen LogP contribution in [0.5, 0.6) is 5.88 Å². The first-order chi connectivity index (χ1) is 15.0. The van der Waals surface area contributed by atoms with Crippen LogP contribution < -0.4 is 4.74 Å². The molecular weight excluding hydrogens is 447 g/mol. The first-order valence-electron chi connectivity index (χ1n) is 9.97. The highest BCUT2D eigenvalue weighted by Gasteiger charge is 2.42. The number of halogens is 3. The van der Waals surface area contributed by atoms with Crippen LogP contribution in [-0.4, -0.2) is 70.9 Å². The van der Waals surface area contributed by atoms with Gasteiger partial charge in [0.15, 0.2) is 5.03 Å². The number of hydrogen-bond donors (Lipinski definition) is 0. The van der Waals surface area contributed by atoms with Crippen LogP contribution in [0.15, 0.2) is 42.2 Å². The van der Waals surface area contributed by atoms with Crippen molar-refractivity contribution in [2.45, 2.75) is 36.7 Å². The van der Waals surface area contributed by atoms with Gasteiger partial charge in [0.05, 0.1) is 18.1 Å². The Hall–Kier alpha value is -2.57. The zero-order valence-corrected chi connectivity index (χ0v) is 18.1. The summed E-state index contributed by atoms with van der Waals surface area (Å²) in [5.41, 5.74) is 0.231. The number of alkyl halides is 3. The highest BCUT2D eigenvalue weighted by Crippen LogP contribution is 2.30. The fourth-order valence-electron chi connectivity index (χ4n) is 3.89. The predicted molar refractivity (Wildman–Crippen MR) is 109 cm³/mol. The summed E-state index contributed by atoms with van der Waals surface area (Å²) in [4.78, 5) is 13.9. The van der Waals surface area contributed by atoms with E-state index >= 15 is 0 Å². The predicted octanol–water partition coefficient (Wildman–Crippen LogP) is 2.45. The third-order valence-corrected chi connectivity index (χ3v) is 7.28. The second-order valence-corrected chi connectivity index (χ2v) is 9.75. The summed E-state index contributed by atoms with van der Waals surface area (Å²) < 4.78 is 71.8. The van der Waals surface area contributed by atoms with E-state index in [9.17, 15) is 21.6 Å². The third-order valence-electron chi connectivity index (χ3n) is 5.51. The molecule has 0 radical (unpaired) electrons. The highest BCUT2D eigenvalue weighted by molar-refractivity contribution is 7.89. The number of allylic oxidation sites excluding steroid dienone is 1. The van der Waals surface area contributed by atoms with E-state index in [1.165, 1.54) is 10.5 Å². The maximum absolute atomic E-state index is 13.0. The maximum atomic E-state index is 13.0. The summed E-state index contributed by atoms with van der Waals surface area (Å²) in [6, 6.07) is 2.78. The fraction of sp³-hybridized carbons (Fsp3) is 0.450. The van der Waals surface area contributed by atoms with Crippen molar-refractivity contribution in [3.05, 3.63) is 48.6 Å². The van der Waals surface area contributed by atoms with Crippen molar-refractivity contribution < 1.29 is 26.3 Å². The second-order valence-electron chi connectivity index (χ2n) is 7.87. The molecule has 0 spiro atoms. The molecule has 2 saturated heterocycles. The minimum Gasteiger partial charge on any atom is -0.472 e. The summed E-state index contributed by atoms with van der Waals surface area (Å²) in [5, 5.41) is -0.598. The molecule has 4 rings (SSSR count). The van der Waals surface area contributed by atoms with E-state index in [1.807, 2.05) is 6.92 Å². The van der Waals surface area contributed by atoms with Gasteiger partial charge in [0.1, 0.15) is 11.8 Å². The van der Waals surface area contributed by atoms with E-state index in [1.54, 1.807) is 6.20 Å². The van der Waals surface area contributed by atoms with Crippen molar-refractivity contribution in [2.75, 3.05) is 26.2 Å². The monoisotopic (exact) mass is 469 g/mol. The number of piperazine rings is 1. The Labute approximate surface area is 183 Å². The molecule has 2 aromatic heterocycles. The molecule has 32 heavy (non-hydrogen) atoms. The molecule has 2 atom stereocenters. The Morgan fingerprint density at radius 2 is 1.97 bits per heavy atom. The van der Waals surface area contributed by atoms with Crippen molar-refractivity contribution in [3.63, 3.8) is 0 Å². The molecule has 0 saturated carbocycles. The molecule has 12 heteroatoms. The lowest BCUT2D eigenvalue weighted by Crippen LogP contribution is -2.52. The van der Waals surface area contributed by atoms with E-state index < -0.39 is 26.9 Å². The lowest BCUT2D eigenvalue weighted by atomic mass is 10.2. The fourth-order valence-corrected chi connectivity index (χ4v) is 5.31. The number of fused-ring (bicyclic) bond motifs is 1. The van der Waals surface area contributed by atoms with Crippen LogP contribution in [-0.2, 0) is 16.2 Å². The van der Waals surface area contributed by atoms with E-state index in [0.717, 1.165) is 23.8 Å². The largest absolute Gasteiger partial charge is 0.472 e. The van der Waals surface area contributed by atoms with Gasteiger partial charge in [0.25, 0.3) is 10.0 Å². The van der Waals surface area contributed by atoms with Crippen molar-refractivity contribution >= 4 is 15.6 Å². The standard InChI is InChI=1S/C20H22F3N5O3S/c1-13(2)16-9-25-18(10-24-16)31-15-8-14-11-28(7-6-27(14)12-15)32(29,30)19-5-3-4-17(26-19)20(21,22)23/h3-5,9-10,14-15H,1,6-8,11-12H2,2H3/t14-,15-/m0/s1. The molecule has 0 aliphatic carbocycles. The number of nitrogens with zero attached hydrogens (tertiary/aromatic N) is 5. The lowest BCUT2D eigenvalue weighted by Gasteiger charge is -2.36. The number of hydrogen-bond acceptors (Lipinski definition) is 7. The van der Waals surface area contributed by atoms with Gasteiger partial charge in [-0.1, -0.05) is 12.6 Å². The summed E-state index contributed by atoms with van der Waals surface area (Å²) in [6.07, 6.45) is -1.25. The van der Waals surface area contributed by atoms with Gasteiger partial charge in [-0.25, -0.2) is 23.4 Å². The third kappa shape index (κ3) is 4.62. The SMILES string of the molecule is C=C(C)c1cnc(O[C@H]2C[C@H]3CN(S(=O)(=O)c4cccc(C(F)(F)F)n4)CCN3C2)cn1. The second kappa shape index (κ2) is 8.41. The van der Waals surface area contributed by atoms with Crippen LogP contribution in [0.3, 0.4) is 0 Å². The minimum atomic E-state index is -4.72. The Kier molecular flexibility index (Phi) is 5.94. The van der Waals surface area contributed by atoms with Crippen LogP contribution in [0.4, 0.5) is 13.2 Å². The zero-order valence-electron chi connectivity index (χ0n) is 17.3. The topological polar surface area (TPSA) is 88.5 Å². The average molecular weight is 469 g/mol. The van der Waals surface area contributed by atoms with Crippen LogP contribution in [0.25, 0.3) is 5.57 Å². The van der Waals surface area contributed by atoms with Crippen molar-refractivity contribution in [3.8, 4) is 5.88 Å². The average Bonchev–Trinajstić information content (AvgIpc) is 3.15. The molecule has 0 amide bonds. The van der Waals surface area contributed by atoms with Crippen LogP contribution >= 0.6 is 0 Å². The molecule has 2 fully saturated rings. The van der Waals surface area contributed by atoms with Gasteiger partial charge in [-0.05, 0) is 24.6 Å². The first kappa shape index (κ1) is 22.6. The number of pyridine rings is 1. The quantitative estimate of drug-likeness (QED) is 0.665. The Balaban J connectivity index is 1.43. The summed E-state index contributed by atoms with van der Waals surface area (Å²) in [6.45, 7) is 7.00. The number of ether oxygens (including phenoxy) is 1. The van der Waals surface area contributed by atoms with Crippen LogP contribution in [0, 0.1) is 0 Å². The van der Waals surface area contributed by atoms with Gasteiger partial charge in [-0.3, -0.25) is 4.90 Å². The molecule has 172 valence electrons. The van der Waals surface area contributed by atoms with E-state index in [0.29, 0.717) is 31.1 Å². The molecule has 0 unspecified atom stereocenters. The van der Waals surface area contributed by atoms with E-state index in [4.69, 9.17) is 4.74 Å². The molecule has 0 bridgehead atoms. The maximum Gasteiger partial charge on any atom is 0.433 e. The van der Waals surface area contributed by atoms with E-state index in [-0.39, 0.29) is 25.2 Å². The van der Waals surface area contributed by atoms with Crippen LogP contribution in [0.2, 0.25) is 0 Å². The van der Waals surface area contributed by atoms with Crippen molar-refractivity contribution in [1.29, 1.82) is 0 Å². The van der Waals surface area contributed by atoms with Gasteiger partial charge in [-0.15, -0.1) is 0 Å². The molecule has 4 heterocycles. The normalized spacial score (nSPS) is 22.5. The Morgan fingerprint density at radius 3 is 2.62 bits per heavy atom. The molecule has 2 aromatic rings. The van der Waals surface area contributed by atoms with Crippen molar-refractivity contribution in [2.24, 2.45) is 0 Å². The number of sulfonamides is 1. The highest BCUT2D eigenvalue weighted by atomic mass is 32.2. The van der Waals surface area contributed by atoms with Gasteiger partial charge in [0, 0.05) is 38.6 Å². The van der Waals surface area contributed by atoms with Gasteiger partial charge in [-0.2, -0.15) is 17.5 Å². The summed E-state index contributed by atoms with van der Waals surface area (Å²) >= 11 is 0. The van der Waals surface area contributed by atoms with Crippen molar-refractivity contribution in [1.82, 2.24) is 24.2 Å². The molecule has 2 aliphatic rings. The Bertz CT molecular complexity index is 1110. The molecular formula is C20H22F3N5O3S. The smallest absolute Gasteiger partial charge is 0.433 e. The van der Waals surface area contributed by atoms with E-state index in [2.05, 4.69) is 26.4 Å². The number of rotatable bonds is 5. The van der Waals surface area contributed by atoms with Gasteiger partial charge < -0.3 is 4.74 Å². The van der Waals surface area contributed by atoms with Gasteiger partial charge >= 0.3 is 6.18 Å². The molecule has 8 nitrogen and oxygen atoms in total. The summed E-state index contributed by atoms with van der Waals surface area (Å²) in [5.74, 6) is 0.373. The lowest BCUT2D eigenvalue weighted by molar-refractivity contribution is -0.141. The zero-order chi connectivity index (χ0) is 23.1. The van der Waals surface area contributed by atoms with Gasteiger partial charge in [0.2, 0.25) is 5.88 Å². The molecule has 0 N–H and O–H groups in total.